The highest BCUT2D eigenvalue weighted by molar-refractivity contribution is 5.47. The van der Waals surface area contributed by atoms with Gasteiger partial charge in [-0.2, -0.15) is 13.2 Å². The van der Waals surface area contributed by atoms with Crippen LogP contribution in [0.15, 0.2) is 176 Å². The minimum Gasteiger partial charge on any atom is -0.171 e. The summed E-state index contributed by atoms with van der Waals surface area (Å²) in [6, 6.07) is 62.9. The maximum atomic E-state index is 12.9. The molecule has 0 nitrogen and oxygen atoms in total. The second kappa shape index (κ2) is 49.9. The molecule has 0 N–H and O–H groups in total. The van der Waals surface area contributed by atoms with Crippen LogP contribution in [0.25, 0.3) is 0 Å². The van der Waals surface area contributed by atoms with Crippen LogP contribution >= 0.6 is 0 Å². The van der Waals surface area contributed by atoms with Gasteiger partial charge in [-0.05, 0) is 269 Å². The van der Waals surface area contributed by atoms with Crippen molar-refractivity contribution in [1.29, 1.82) is 0 Å². The Kier molecular flexibility index (Phi) is 44.6. The fourth-order valence-corrected chi connectivity index (χ4v) is 17.5. The van der Waals surface area contributed by atoms with E-state index in [0.29, 0.717) is 5.41 Å². The molecule has 0 aliphatic heterocycles. The monoisotopic (exact) mass is 1830 g/mol. The summed E-state index contributed by atoms with van der Waals surface area (Å²) in [6.07, 6.45) is 4.43. The molecule has 0 aliphatic carbocycles. The summed E-state index contributed by atoms with van der Waals surface area (Å²) in [6.45, 7) is 115. The Bertz CT molecular complexity index is 4720. The summed E-state index contributed by atoms with van der Waals surface area (Å²) in [7, 11) is 0. The van der Waals surface area contributed by atoms with E-state index >= 15 is 0 Å². The van der Waals surface area contributed by atoms with E-state index in [-0.39, 0.29) is 76.8 Å². The second-order valence-corrected chi connectivity index (χ2v) is 53.3. The summed E-state index contributed by atoms with van der Waals surface area (Å²) >= 11 is 0. The molecule has 0 unspecified atom stereocenters. The van der Waals surface area contributed by atoms with E-state index in [1.54, 1.807) is 17.7 Å². The fraction of sp³-hybridized carbons (Fsp3) is 0.631. The first-order valence-electron chi connectivity index (χ1n) is 53.0. The van der Waals surface area contributed by atoms with Crippen LogP contribution in [0.4, 0.5) is 13.2 Å². The molecule has 0 aliphatic rings. The van der Waals surface area contributed by atoms with Crippen molar-refractivity contribution >= 4 is 0 Å². The first-order chi connectivity index (χ1) is 61.0. The molecule has 0 saturated carbocycles. The zero-order valence-electron chi connectivity index (χ0n) is 99.5. The van der Waals surface area contributed by atoms with Crippen LogP contribution < -0.4 is 0 Å². The van der Waals surface area contributed by atoms with E-state index in [9.17, 15) is 13.2 Å². The lowest BCUT2D eigenvalue weighted by Crippen LogP contribution is -2.34. The van der Waals surface area contributed by atoms with Crippen LogP contribution in [0.3, 0.4) is 0 Å². The zero-order valence-corrected chi connectivity index (χ0v) is 96.5. The van der Waals surface area contributed by atoms with Crippen molar-refractivity contribution in [2.24, 2.45) is 10.8 Å². The highest BCUT2D eigenvalue weighted by Crippen LogP contribution is 2.46. The van der Waals surface area contributed by atoms with E-state index in [0.717, 1.165) is 73.1 Å². The van der Waals surface area contributed by atoms with Gasteiger partial charge in [-0.3, -0.25) is 0 Å². The molecule has 0 amide bonds. The fourth-order valence-electron chi connectivity index (χ4n) is 17.5. The van der Waals surface area contributed by atoms with Gasteiger partial charge in [-0.25, -0.2) is 0 Å². The molecule has 8 aromatic carbocycles. The Morgan fingerprint density at radius 3 is 0.714 bits per heavy atom. The summed E-state index contributed by atoms with van der Waals surface area (Å²) in [5.74, 6) is -0.813. The quantitative estimate of drug-likeness (QED) is 0.0960. The van der Waals surface area contributed by atoms with Crippen molar-refractivity contribution in [1.82, 2.24) is 0 Å². The molecule has 0 spiro atoms. The molecule has 750 valence electrons. The third kappa shape index (κ3) is 40.9. The summed E-state index contributed by atoms with van der Waals surface area (Å²) < 4.78 is 65.3. The molecule has 0 bridgehead atoms. The average molecular weight is 1830 g/mol. The van der Waals surface area contributed by atoms with Crippen LogP contribution in [0, 0.1) is 10.8 Å². The maximum Gasteiger partial charge on any atom is 0.394 e. The van der Waals surface area contributed by atoms with Gasteiger partial charge < -0.3 is 0 Å². The number of hydrogen-bond donors (Lipinski definition) is 0. The minimum atomic E-state index is -4.18. The van der Waals surface area contributed by atoms with Gasteiger partial charge in [0.05, 0.1) is 5.41 Å². The number of halogens is 3. The van der Waals surface area contributed by atoms with Crippen LogP contribution in [-0.2, 0) is 83.2 Å². The molecule has 0 heterocycles. The van der Waals surface area contributed by atoms with Gasteiger partial charge >= 0.3 is 6.18 Å². The SMILES string of the molecule is CC(C)(C)Cc1ccccc1C(C)(C)C.CC(C)(C)c1cc(C(C)(C)C)cc(C(C)(C)C)c1.CC(C)(C)c1ccc(C(C)(C)C)c(C(C)(C)C)c1.CC(C)(C)c1ccccc1C(C)(C)C.CC(C)(C)c1ccccc1CC(C)(C)C(F)(F)F.CCC(CC)c1ccccc1C(C)(C)C.[2H]C(CC)(CC)c1cccc(C([2H])(CC)CC)c1C(C)(C)C.[2H]C(CC)(CC)c1ccccc1C(C)(C)C. The number of alkyl halides is 3. The smallest absolute Gasteiger partial charge is 0.171 e. The van der Waals surface area contributed by atoms with Gasteiger partial charge in [0.1, 0.15) is 0 Å². The first kappa shape index (κ1) is 119. The van der Waals surface area contributed by atoms with Crippen molar-refractivity contribution in [3.05, 3.63) is 282 Å². The third-order valence-electron chi connectivity index (χ3n) is 25.8. The predicted molar refractivity (Wildman–Crippen MR) is 595 cm³/mol. The van der Waals surface area contributed by atoms with Crippen molar-refractivity contribution < 1.29 is 17.3 Å². The topological polar surface area (TPSA) is 0 Å². The van der Waals surface area contributed by atoms with Gasteiger partial charge in [0, 0.05) is 4.11 Å². The molecule has 3 heteroatoms. The Morgan fingerprint density at radius 2 is 0.451 bits per heavy atom. The normalized spacial score (nSPS) is 13.6. The Hall–Kier alpha value is -6.45. The largest absolute Gasteiger partial charge is 0.394 e. The standard InChI is InChI=1S/C20H34.2C18H30.C15H21F3.3C15H24.C14H22/c1-8-15(9-2)17-13-12-14-18(16(10-3)11-4)19(17)20(5,6)7;1-16(2,3)13-10-14(17(4,5)6)12-15(11-13)18(7,8)9;1-16(2,3)13-10-11-14(17(4,5)6)15(12-13)18(7,8)9;1-13(2,3)12-9-7-6-8-11(12)10-14(4,5)15(16,17)18;1-14(2,3)11-12-9-7-8-10-13(12)15(4,5)6;2*1-6-12(7-2)13-10-8-9-11-14(13)15(3,4)5;1-13(2,3)11-9-7-8-10-12(11)14(4,5)6/h12-16H,8-11H2,1-7H3;2*10-12H,1-9H3;6-9H,10H2,1-5H3;7-10H,11H2,1-6H3;2*8-12H,6-7H2,1-5H3;7-10H,1-6H3/i15D,16D;;;;;12D;;. The number of benzene rings is 8. The number of rotatable bonds is 15. The molecule has 133 heavy (non-hydrogen) atoms. The third-order valence-corrected chi connectivity index (χ3v) is 25.8. The van der Waals surface area contributed by atoms with Crippen molar-refractivity contribution in [2.45, 2.75) is 524 Å². The molecule has 0 atom stereocenters. The van der Waals surface area contributed by atoms with Crippen LogP contribution in [0.1, 0.15) is 545 Å². The summed E-state index contributed by atoms with van der Waals surface area (Å²) in [5.41, 5.74) is 26.3. The lowest BCUT2D eigenvalue weighted by Gasteiger charge is -2.32. The first-order valence-corrected chi connectivity index (χ1v) is 51.5. The Labute approximate surface area is 829 Å². The molecule has 0 aromatic heterocycles. The zero-order chi connectivity index (χ0) is 107. The highest BCUT2D eigenvalue weighted by Gasteiger charge is 2.48. The van der Waals surface area contributed by atoms with Crippen LogP contribution in [0.5, 0.6) is 0 Å². The highest BCUT2D eigenvalue weighted by atomic mass is 19.4. The minimum absolute atomic E-state index is 0.0178. The van der Waals surface area contributed by atoms with Gasteiger partial charge in [-0.15, -0.1) is 0 Å². The Morgan fingerprint density at radius 1 is 0.211 bits per heavy atom. The van der Waals surface area contributed by atoms with E-state index in [2.05, 4.69) is 477 Å². The second-order valence-electron chi connectivity index (χ2n) is 53.3. The number of hydrogen-bond acceptors (Lipinski definition) is 0. The lowest BCUT2D eigenvalue weighted by atomic mass is 9.73. The van der Waals surface area contributed by atoms with Gasteiger partial charge in [-0.1, -0.05) is 536 Å². The molecular weight excluding hydrogens is 1620 g/mol. The van der Waals surface area contributed by atoms with E-state index in [1.165, 1.54) is 105 Å². The molecule has 0 fully saturated rings. The van der Waals surface area contributed by atoms with Gasteiger partial charge in [0.25, 0.3) is 0 Å². The van der Waals surface area contributed by atoms with Gasteiger partial charge in [0.2, 0.25) is 0 Å². The molecule has 8 rings (SSSR count). The predicted octanol–water partition coefficient (Wildman–Crippen LogP) is 41.7. The van der Waals surface area contributed by atoms with E-state index in [1.807, 2.05) is 32.9 Å². The van der Waals surface area contributed by atoms with Crippen molar-refractivity contribution in [3.8, 4) is 0 Å². The van der Waals surface area contributed by atoms with Crippen LogP contribution in [-0.4, -0.2) is 6.18 Å². The van der Waals surface area contributed by atoms with Gasteiger partial charge in [0.15, 0.2) is 0 Å². The van der Waals surface area contributed by atoms with Crippen molar-refractivity contribution in [2.75, 3.05) is 0 Å². The van der Waals surface area contributed by atoms with Crippen molar-refractivity contribution in [3.63, 3.8) is 0 Å². The van der Waals surface area contributed by atoms with Crippen LogP contribution in [0.2, 0.25) is 0 Å². The van der Waals surface area contributed by atoms with E-state index in [4.69, 9.17) is 4.11 Å². The summed E-state index contributed by atoms with van der Waals surface area (Å²) in [5, 5.41) is 0. The lowest BCUT2D eigenvalue weighted by molar-refractivity contribution is -0.211. The maximum absolute atomic E-state index is 12.9. The summed E-state index contributed by atoms with van der Waals surface area (Å²) in [4.78, 5) is 0. The molecular formula is C130H209F3. The van der Waals surface area contributed by atoms with E-state index < -0.39 is 29.3 Å². The Balaban J connectivity index is 0.000000780. The molecule has 0 radical (unpaired) electrons. The average Bonchev–Trinajstić information content (AvgIpc) is 0.733. The molecule has 8 aromatic rings. The molecule has 0 saturated heterocycles.